The number of carboxylic acid groups (broad SMARTS) is 1. The molecule has 1 fully saturated rings. The van der Waals surface area contributed by atoms with E-state index in [1.165, 1.54) is 25.3 Å². The van der Waals surface area contributed by atoms with Crippen LogP contribution in [0.25, 0.3) is 10.9 Å². The number of hydrogen-bond acceptors (Lipinski definition) is 1. The highest BCUT2D eigenvalue weighted by Crippen LogP contribution is 2.40. The lowest BCUT2D eigenvalue weighted by Crippen LogP contribution is -2.11. The fourth-order valence-corrected chi connectivity index (χ4v) is 3.73. The topological polar surface area (TPSA) is 42.2 Å². The molecule has 1 aromatic heterocycles. The summed E-state index contributed by atoms with van der Waals surface area (Å²) in [5.74, 6) is -0.695. The third-order valence-corrected chi connectivity index (χ3v) is 4.64. The van der Waals surface area contributed by atoms with Crippen molar-refractivity contribution in [3.63, 3.8) is 0 Å². The summed E-state index contributed by atoms with van der Waals surface area (Å²) in [6.07, 6.45) is 5.89. The van der Waals surface area contributed by atoms with Crippen molar-refractivity contribution in [2.24, 2.45) is 0 Å². The minimum absolute atomic E-state index is 0.0688. The Kier molecular flexibility index (Phi) is 3.70. The van der Waals surface area contributed by atoms with Gasteiger partial charge < -0.3 is 9.67 Å². The number of aliphatic carboxylic acids is 1. The Morgan fingerprint density at radius 1 is 1.33 bits per heavy atom. The fourth-order valence-electron chi connectivity index (χ4n) is 3.73. The number of carbonyl (C=O) groups is 1. The number of hydrogen-bond donors (Lipinski definition) is 1. The molecule has 0 saturated heterocycles. The van der Waals surface area contributed by atoms with Crippen molar-refractivity contribution in [1.82, 2.24) is 4.57 Å². The van der Waals surface area contributed by atoms with Gasteiger partial charge in [0, 0.05) is 16.6 Å². The zero-order valence-corrected chi connectivity index (χ0v) is 12.2. The van der Waals surface area contributed by atoms with E-state index in [2.05, 4.69) is 0 Å². The Morgan fingerprint density at radius 3 is 2.71 bits per heavy atom. The van der Waals surface area contributed by atoms with Gasteiger partial charge >= 0.3 is 5.97 Å². The summed E-state index contributed by atoms with van der Waals surface area (Å²) < 4.78 is 15.5. The first-order valence-electron chi connectivity index (χ1n) is 7.58. The molecule has 3 nitrogen and oxygen atoms in total. The van der Waals surface area contributed by atoms with E-state index >= 15 is 0 Å². The van der Waals surface area contributed by atoms with Crippen LogP contribution in [0.1, 0.15) is 49.3 Å². The second-order valence-electron chi connectivity index (χ2n) is 5.98. The van der Waals surface area contributed by atoms with E-state index in [0.717, 1.165) is 35.0 Å². The van der Waals surface area contributed by atoms with Gasteiger partial charge in [-0.15, -0.1) is 0 Å². The summed E-state index contributed by atoms with van der Waals surface area (Å²) >= 11 is 0. The van der Waals surface area contributed by atoms with Crippen LogP contribution in [0.15, 0.2) is 18.2 Å². The number of aromatic nitrogens is 1. The molecule has 0 unspecified atom stereocenters. The Bertz CT molecular complexity index is 684. The maximum Gasteiger partial charge on any atom is 0.323 e. The Morgan fingerprint density at radius 2 is 2.05 bits per heavy atom. The molecular formula is C17H20FNO2. The predicted molar refractivity (Wildman–Crippen MR) is 80.1 cm³/mol. The number of nitrogens with zero attached hydrogens (tertiary/aromatic N) is 1. The van der Waals surface area contributed by atoms with E-state index in [-0.39, 0.29) is 12.4 Å². The predicted octanol–water partition coefficient (Wildman–Crippen LogP) is 4.22. The van der Waals surface area contributed by atoms with E-state index in [0.29, 0.717) is 5.92 Å². The molecule has 0 radical (unpaired) electrons. The maximum atomic E-state index is 13.7. The van der Waals surface area contributed by atoms with Gasteiger partial charge in [-0.05, 0) is 49.4 Å². The molecule has 112 valence electrons. The van der Waals surface area contributed by atoms with Crippen LogP contribution in [0.3, 0.4) is 0 Å². The molecule has 21 heavy (non-hydrogen) atoms. The lowest BCUT2D eigenvalue weighted by molar-refractivity contribution is -0.137. The summed E-state index contributed by atoms with van der Waals surface area (Å²) in [5, 5.41) is 10.0. The average molecular weight is 289 g/mol. The summed E-state index contributed by atoms with van der Waals surface area (Å²) in [5.41, 5.74) is 2.97. The number of halogens is 1. The van der Waals surface area contributed by atoms with Crippen molar-refractivity contribution in [3.05, 3.63) is 35.3 Å². The highest BCUT2D eigenvalue weighted by Gasteiger charge is 2.24. The van der Waals surface area contributed by atoms with Gasteiger partial charge in [0.1, 0.15) is 12.4 Å². The first-order valence-corrected chi connectivity index (χ1v) is 7.58. The zero-order chi connectivity index (χ0) is 15.0. The van der Waals surface area contributed by atoms with Crippen LogP contribution in [0, 0.1) is 12.7 Å². The molecule has 4 heteroatoms. The van der Waals surface area contributed by atoms with Gasteiger partial charge in [-0.25, -0.2) is 4.39 Å². The van der Waals surface area contributed by atoms with E-state index in [1.807, 2.05) is 6.92 Å². The highest BCUT2D eigenvalue weighted by molar-refractivity contribution is 5.87. The molecule has 1 aliphatic carbocycles. The fraction of sp³-hybridized carbons (Fsp3) is 0.471. The molecule has 0 aliphatic heterocycles. The van der Waals surface area contributed by atoms with Crippen LogP contribution in [-0.2, 0) is 11.3 Å². The van der Waals surface area contributed by atoms with Gasteiger partial charge in [-0.2, -0.15) is 0 Å². The minimum Gasteiger partial charge on any atom is -0.480 e. The largest absolute Gasteiger partial charge is 0.480 e. The number of fused-ring (bicyclic) bond motifs is 1. The van der Waals surface area contributed by atoms with Crippen molar-refractivity contribution < 1.29 is 14.3 Å². The third-order valence-electron chi connectivity index (χ3n) is 4.64. The summed E-state index contributed by atoms with van der Waals surface area (Å²) in [6.45, 7) is 1.89. The van der Waals surface area contributed by atoms with Crippen molar-refractivity contribution in [1.29, 1.82) is 0 Å². The second-order valence-corrected chi connectivity index (χ2v) is 5.98. The van der Waals surface area contributed by atoms with E-state index in [1.54, 1.807) is 16.7 Å². The van der Waals surface area contributed by atoms with Crippen LogP contribution in [0.5, 0.6) is 0 Å². The average Bonchev–Trinajstić information content (AvgIpc) is 2.71. The normalized spacial score (nSPS) is 16.5. The van der Waals surface area contributed by atoms with Gasteiger partial charge in [0.15, 0.2) is 0 Å². The molecular weight excluding hydrogens is 269 g/mol. The molecule has 1 heterocycles. The van der Waals surface area contributed by atoms with Crippen LogP contribution in [0.4, 0.5) is 4.39 Å². The Hall–Kier alpha value is -1.84. The quantitative estimate of drug-likeness (QED) is 0.919. The monoisotopic (exact) mass is 289 g/mol. The van der Waals surface area contributed by atoms with E-state index < -0.39 is 5.97 Å². The minimum atomic E-state index is -0.866. The summed E-state index contributed by atoms with van der Waals surface area (Å²) in [6, 6.07) is 4.67. The number of carboxylic acids is 1. The van der Waals surface area contributed by atoms with Crippen LogP contribution in [-0.4, -0.2) is 15.6 Å². The van der Waals surface area contributed by atoms with Crippen LogP contribution < -0.4 is 0 Å². The summed E-state index contributed by atoms with van der Waals surface area (Å²) in [7, 11) is 0. The highest BCUT2D eigenvalue weighted by atomic mass is 19.1. The van der Waals surface area contributed by atoms with E-state index in [4.69, 9.17) is 5.11 Å². The molecule has 0 bridgehead atoms. The molecule has 1 aliphatic rings. The first-order chi connectivity index (χ1) is 10.1. The second kappa shape index (κ2) is 5.51. The lowest BCUT2D eigenvalue weighted by Gasteiger charge is -2.22. The van der Waals surface area contributed by atoms with E-state index in [9.17, 15) is 9.18 Å². The molecule has 0 atom stereocenters. The zero-order valence-electron chi connectivity index (χ0n) is 12.2. The molecule has 2 aromatic rings. The molecule has 1 aromatic carbocycles. The van der Waals surface area contributed by atoms with Gasteiger partial charge in [-0.3, -0.25) is 4.79 Å². The maximum absolute atomic E-state index is 13.7. The van der Waals surface area contributed by atoms with Crippen molar-refractivity contribution in [2.45, 2.75) is 51.5 Å². The standard InChI is InChI=1S/C17H20FNO2/c1-11-17(12-5-3-2-4-6-12)14-9-13(18)7-8-15(14)19(11)10-16(20)21/h7-9,12H,2-6,10H2,1H3,(H,20,21). The van der Waals surface area contributed by atoms with Gasteiger partial charge in [0.05, 0.1) is 0 Å². The number of rotatable bonds is 3. The first kappa shape index (κ1) is 14.1. The molecule has 0 amide bonds. The van der Waals surface area contributed by atoms with Crippen molar-refractivity contribution in [2.75, 3.05) is 0 Å². The van der Waals surface area contributed by atoms with Gasteiger partial charge in [0.2, 0.25) is 0 Å². The SMILES string of the molecule is Cc1c(C2CCCCC2)c2cc(F)ccc2n1CC(=O)O. The number of benzene rings is 1. The van der Waals surface area contributed by atoms with Gasteiger partial charge in [0.25, 0.3) is 0 Å². The van der Waals surface area contributed by atoms with Crippen molar-refractivity contribution >= 4 is 16.9 Å². The lowest BCUT2D eigenvalue weighted by atomic mass is 9.83. The van der Waals surface area contributed by atoms with Crippen molar-refractivity contribution in [3.8, 4) is 0 Å². The smallest absolute Gasteiger partial charge is 0.323 e. The van der Waals surface area contributed by atoms with Crippen LogP contribution in [0.2, 0.25) is 0 Å². The Balaban J connectivity index is 2.19. The molecule has 3 rings (SSSR count). The molecule has 1 N–H and O–H groups in total. The van der Waals surface area contributed by atoms with Gasteiger partial charge in [-0.1, -0.05) is 19.3 Å². The Labute approximate surface area is 123 Å². The summed E-state index contributed by atoms with van der Waals surface area (Å²) in [4.78, 5) is 11.1. The third kappa shape index (κ3) is 2.55. The molecule has 1 saturated carbocycles. The molecule has 0 spiro atoms. The van der Waals surface area contributed by atoms with Crippen LogP contribution >= 0.6 is 0 Å².